The molecule has 0 bridgehead atoms. The second-order valence-corrected chi connectivity index (χ2v) is 3.59. The summed E-state index contributed by atoms with van der Waals surface area (Å²) in [6.07, 6.45) is 0. The molecule has 1 atom stereocenters. The molecule has 0 aromatic heterocycles. The van der Waals surface area contributed by atoms with E-state index in [1.54, 1.807) is 12.1 Å². The molecule has 0 saturated carbocycles. The maximum absolute atomic E-state index is 12.8. The molecule has 0 amide bonds. The van der Waals surface area contributed by atoms with Gasteiger partial charge < -0.3 is 14.6 Å². The number of halogens is 1. The number of alkyl halides is 1. The number of hydrogen-bond acceptors (Lipinski definition) is 3. The molecule has 0 radical (unpaired) electrons. The summed E-state index contributed by atoms with van der Waals surface area (Å²) in [7, 11) is 1.51. The van der Waals surface area contributed by atoms with Crippen LogP contribution in [0.15, 0.2) is 18.2 Å². The van der Waals surface area contributed by atoms with Gasteiger partial charge in [-0.05, 0) is 31.5 Å². The average Bonchev–Trinajstić information content (AvgIpc) is 2.14. The summed E-state index contributed by atoms with van der Waals surface area (Å²) >= 11 is 0. The van der Waals surface area contributed by atoms with Gasteiger partial charge >= 0.3 is 0 Å². The quantitative estimate of drug-likeness (QED) is 0.833. The standard InChI is InChI=1S/C11H15FO3/c1-8-4-5-9(10(6-8)14-3)15-7-11(2,12)13/h4-6,13H,7H2,1-3H3. The summed E-state index contributed by atoms with van der Waals surface area (Å²) < 4.78 is 22.9. The number of methoxy groups -OCH3 is 1. The van der Waals surface area contributed by atoms with Gasteiger partial charge in [-0.25, -0.2) is 4.39 Å². The van der Waals surface area contributed by atoms with Gasteiger partial charge in [-0.2, -0.15) is 0 Å². The molecule has 0 heterocycles. The molecular weight excluding hydrogens is 199 g/mol. The second-order valence-electron chi connectivity index (χ2n) is 3.59. The molecule has 84 valence electrons. The van der Waals surface area contributed by atoms with Crippen molar-refractivity contribution in [3.63, 3.8) is 0 Å². The Morgan fingerprint density at radius 2 is 2.07 bits per heavy atom. The number of rotatable bonds is 4. The van der Waals surface area contributed by atoms with Gasteiger partial charge in [-0.3, -0.25) is 0 Å². The minimum absolute atomic E-state index is 0.418. The third kappa shape index (κ3) is 3.75. The average molecular weight is 214 g/mol. The van der Waals surface area contributed by atoms with Crippen molar-refractivity contribution in [2.45, 2.75) is 19.7 Å². The molecule has 15 heavy (non-hydrogen) atoms. The molecule has 1 rings (SSSR count). The number of hydrogen-bond donors (Lipinski definition) is 1. The molecule has 0 saturated heterocycles. The van der Waals surface area contributed by atoms with Crippen molar-refractivity contribution >= 4 is 0 Å². The Morgan fingerprint density at radius 1 is 1.40 bits per heavy atom. The van der Waals surface area contributed by atoms with Gasteiger partial charge in [0.05, 0.1) is 7.11 Å². The van der Waals surface area contributed by atoms with Gasteiger partial charge in [0, 0.05) is 0 Å². The summed E-state index contributed by atoms with van der Waals surface area (Å²) in [5.74, 6) is -1.39. The lowest BCUT2D eigenvalue weighted by molar-refractivity contribution is -0.0999. The third-order valence-corrected chi connectivity index (χ3v) is 1.81. The van der Waals surface area contributed by atoms with E-state index in [2.05, 4.69) is 0 Å². The summed E-state index contributed by atoms with van der Waals surface area (Å²) in [6.45, 7) is 2.53. The van der Waals surface area contributed by atoms with Crippen molar-refractivity contribution in [2.75, 3.05) is 13.7 Å². The molecule has 3 nitrogen and oxygen atoms in total. The van der Waals surface area contributed by atoms with E-state index in [1.165, 1.54) is 7.11 Å². The van der Waals surface area contributed by atoms with Crippen LogP contribution in [0.3, 0.4) is 0 Å². The van der Waals surface area contributed by atoms with Crippen molar-refractivity contribution in [3.05, 3.63) is 23.8 Å². The van der Waals surface area contributed by atoms with Crippen molar-refractivity contribution in [2.24, 2.45) is 0 Å². The first-order valence-corrected chi connectivity index (χ1v) is 4.61. The second kappa shape index (κ2) is 4.49. The molecular formula is C11H15FO3. The van der Waals surface area contributed by atoms with Gasteiger partial charge in [-0.1, -0.05) is 6.07 Å². The van der Waals surface area contributed by atoms with Crippen LogP contribution >= 0.6 is 0 Å². The Kier molecular flexibility index (Phi) is 3.52. The molecule has 1 aromatic rings. The first-order chi connectivity index (χ1) is 6.92. The molecule has 0 aliphatic rings. The maximum atomic E-state index is 12.8. The highest BCUT2D eigenvalue weighted by atomic mass is 19.2. The minimum atomic E-state index is -2.34. The lowest BCUT2D eigenvalue weighted by Crippen LogP contribution is -2.26. The zero-order valence-electron chi connectivity index (χ0n) is 9.08. The lowest BCUT2D eigenvalue weighted by atomic mass is 10.2. The zero-order chi connectivity index (χ0) is 11.5. The van der Waals surface area contributed by atoms with Crippen LogP contribution in [-0.4, -0.2) is 24.7 Å². The van der Waals surface area contributed by atoms with E-state index in [4.69, 9.17) is 14.6 Å². The molecule has 1 unspecified atom stereocenters. The predicted octanol–water partition coefficient (Wildman–Crippen LogP) is 2.06. The first-order valence-electron chi connectivity index (χ1n) is 4.61. The smallest absolute Gasteiger partial charge is 0.238 e. The van der Waals surface area contributed by atoms with E-state index < -0.39 is 12.5 Å². The molecule has 4 heteroatoms. The third-order valence-electron chi connectivity index (χ3n) is 1.81. The van der Waals surface area contributed by atoms with E-state index in [9.17, 15) is 4.39 Å². The van der Waals surface area contributed by atoms with Crippen LogP contribution in [0.4, 0.5) is 4.39 Å². The van der Waals surface area contributed by atoms with Crippen LogP contribution < -0.4 is 9.47 Å². The van der Waals surface area contributed by atoms with Crippen LogP contribution in [0.1, 0.15) is 12.5 Å². The van der Waals surface area contributed by atoms with Crippen LogP contribution in [0.2, 0.25) is 0 Å². The number of aliphatic hydroxyl groups is 1. The number of ether oxygens (including phenoxy) is 2. The van der Waals surface area contributed by atoms with Gasteiger partial charge in [0.2, 0.25) is 5.85 Å². The SMILES string of the molecule is COc1cc(C)ccc1OCC(C)(O)F. The van der Waals surface area contributed by atoms with Gasteiger partial charge in [0.25, 0.3) is 0 Å². The summed E-state index contributed by atoms with van der Waals surface area (Å²) in [6, 6.07) is 5.28. The first kappa shape index (κ1) is 11.8. The van der Waals surface area contributed by atoms with E-state index in [1.807, 2.05) is 13.0 Å². The van der Waals surface area contributed by atoms with E-state index >= 15 is 0 Å². The van der Waals surface area contributed by atoms with Crippen LogP contribution in [0.25, 0.3) is 0 Å². The van der Waals surface area contributed by atoms with Crippen molar-refractivity contribution in [1.82, 2.24) is 0 Å². The van der Waals surface area contributed by atoms with Crippen molar-refractivity contribution in [3.8, 4) is 11.5 Å². The predicted molar refractivity (Wildman–Crippen MR) is 55.0 cm³/mol. The Morgan fingerprint density at radius 3 is 2.60 bits per heavy atom. The zero-order valence-corrected chi connectivity index (χ0v) is 9.08. The molecule has 0 fully saturated rings. The molecule has 0 spiro atoms. The summed E-state index contributed by atoms with van der Waals surface area (Å²) in [5.41, 5.74) is 1.02. The summed E-state index contributed by atoms with van der Waals surface area (Å²) in [4.78, 5) is 0. The molecule has 1 aromatic carbocycles. The normalized spacial score (nSPS) is 14.5. The fourth-order valence-corrected chi connectivity index (χ4v) is 1.10. The van der Waals surface area contributed by atoms with Gasteiger partial charge in [0.15, 0.2) is 11.5 Å². The van der Waals surface area contributed by atoms with Crippen LogP contribution in [0, 0.1) is 6.92 Å². The van der Waals surface area contributed by atoms with Gasteiger partial charge in [0.1, 0.15) is 6.61 Å². The van der Waals surface area contributed by atoms with E-state index in [-0.39, 0.29) is 0 Å². The van der Waals surface area contributed by atoms with E-state index in [0.29, 0.717) is 11.5 Å². The Bertz CT molecular complexity index is 331. The Balaban J connectivity index is 2.76. The molecule has 1 N–H and O–H groups in total. The Labute approximate surface area is 88.4 Å². The van der Waals surface area contributed by atoms with Crippen molar-refractivity contribution in [1.29, 1.82) is 0 Å². The topological polar surface area (TPSA) is 38.7 Å². The molecule has 0 aliphatic heterocycles. The minimum Gasteiger partial charge on any atom is -0.493 e. The molecule has 0 aliphatic carbocycles. The van der Waals surface area contributed by atoms with Crippen LogP contribution in [0.5, 0.6) is 11.5 Å². The summed E-state index contributed by atoms with van der Waals surface area (Å²) in [5, 5.41) is 8.86. The van der Waals surface area contributed by atoms with E-state index in [0.717, 1.165) is 12.5 Å². The van der Waals surface area contributed by atoms with Crippen LogP contribution in [-0.2, 0) is 0 Å². The Hall–Kier alpha value is -1.29. The largest absolute Gasteiger partial charge is 0.493 e. The highest BCUT2D eigenvalue weighted by Gasteiger charge is 2.19. The fraction of sp³-hybridized carbons (Fsp3) is 0.455. The van der Waals surface area contributed by atoms with Crippen molar-refractivity contribution < 1.29 is 19.0 Å². The number of benzene rings is 1. The highest BCUT2D eigenvalue weighted by Crippen LogP contribution is 2.28. The highest BCUT2D eigenvalue weighted by molar-refractivity contribution is 5.42. The number of aryl methyl sites for hydroxylation is 1. The maximum Gasteiger partial charge on any atom is 0.238 e. The fourth-order valence-electron chi connectivity index (χ4n) is 1.10. The van der Waals surface area contributed by atoms with Gasteiger partial charge in [-0.15, -0.1) is 0 Å². The monoisotopic (exact) mass is 214 g/mol. The lowest BCUT2D eigenvalue weighted by Gasteiger charge is -2.16.